The topological polar surface area (TPSA) is 90.0 Å². The van der Waals surface area contributed by atoms with Crippen LogP contribution in [0.4, 0.5) is 0 Å². The van der Waals surface area contributed by atoms with Crippen molar-refractivity contribution >= 4 is 0 Å². The van der Waals surface area contributed by atoms with Crippen LogP contribution in [0, 0.1) is 35.6 Å². The Morgan fingerprint density at radius 3 is 0.500 bits per heavy atom. The van der Waals surface area contributed by atoms with E-state index < -0.39 is 0 Å². The molecule has 0 amide bonds. The van der Waals surface area contributed by atoms with Gasteiger partial charge in [0.2, 0.25) is 0 Å². The van der Waals surface area contributed by atoms with Gasteiger partial charge in [-0.05, 0) is 0 Å². The van der Waals surface area contributed by atoms with E-state index in [0.717, 1.165) is 0 Å². The fourth-order valence-corrected chi connectivity index (χ4v) is 0. The molecule has 0 fully saturated rings. The van der Waals surface area contributed by atoms with Crippen molar-refractivity contribution in [3.8, 4) is 0 Å². The van der Waals surface area contributed by atoms with Gasteiger partial charge in [0.05, 0.1) is 0 Å². The zero-order valence-corrected chi connectivity index (χ0v) is 5.54. The minimum absolute atomic E-state index is 0. The van der Waals surface area contributed by atoms with Crippen molar-refractivity contribution in [2.45, 2.75) is 0 Å². The summed E-state index contributed by atoms with van der Waals surface area (Å²) in [7, 11) is 0. The van der Waals surface area contributed by atoms with Crippen LogP contribution in [0.25, 0.3) is 0 Å². The van der Waals surface area contributed by atoms with Gasteiger partial charge in [-0.3, -0.25) is 0 Å². The van der Waals surface area contributed by atoms with Crippen LogP contribution in [-0.2, 0) is 0 Å². The average molecular weight is 190 g/mol. The van der Waals surface area contributed by atoms with Crippen LogP contribution in [0.3, 0.4) is 0 Å². The van der Waals surface area contributed by atoms with Crippen LogP contribution in [0.2, 0.25) is 0 Å². The van der Waals surface area contributed by atoms with Crippen molar-refractivity contribution in [1.82, 2.24) is 0 Å². The van der Waals surface area contributed by atoms with Gasteiger partial charge in [0.15, 0.2) is 0 Å². The molecule has 0 atom stereocenters. The summed E-state index contributed by atoms with van der Waals surface area (Å²) in [4.78, 5) is 0. The number of rotatable bonds is 0. The Morgan fingerprint density at radius 2 is 0.500 bits per heavy atom. The van der Waals surface area contributed by atoms with Crippen LogP contribution in [0.1, 0.15) is 0 Å². The summed E-state index contributed by atoms with van der Waals surface area (Å²) in [5.74, 6) is 0. The Bertz CT molecular complexity index is 3.25. The molecule has 4 heavy (non-hydrogen) atoms. The second-order valence-electron chi connectivity index (χ2n) is 0. The summed E-state index contributed by atoms with van der Waals surface area (Å²) < 4.78 is 0. The molecule has 0 rings (SSSR count). The van der Waals surface area contributed by atoms with E-state index in [1.54, 1.807) is 0 Å². The minimum Gasteiger partial charge on any atom is -0.870 e. The van der Waals surface area contributed by atoms with E-state index in [-0.39, 0.29) is 52.0 Å². The predicted molar refractivity (Wildman–Crippen MR) is 5.81 cm³/mol. The predicted octanol–water partition coefficient (Wildman–Crippen LogP) is -0.530. The van der Waals surface area contributed by atoms with E-state index in [4.69, 9.17) is 0 Å². The molecule has 0 aromatic carbocycles. The van der Waals surface area contributed by atoms with E-state index in [9.17, 15) is 0 Å². The van der Waals surface area contributed by atoms with Gasteiger partial charge in [-0.1, -0.05) is 0 Å². The van der Waals surface area contributed by atoms with Crippen molar-refractivity contribution in [1.29, 1.82) is 0 Å². The quantitative estimate of drug-likeness (QED) is 0.513. The van der Waals surface area contributed by atoms with Crippen molar-refractivity contribution in [2.24, 2.45) is 0 Å². The Kier molecular flexibility index (Phi) is 608. The molecule has 0 unspecified atom stereocenters. The number of hydrogen-bond acceptors (Lipinski definition) is 3. The smallest absolute Gasteiger partial charge is 0.870 e. The van der Waals surface area contributed by atoms with Crippen LogP contribution in [-0.4, -0.2) is 16.4 Å². The van der Waals surface area contributed by atoms with Gasteiger partial charge in [0, 0.05) is 0 Å². The van der Waals surface area contributed by atoms with Gasteiger partial charge < -0.3 is 16.4 Å². The first kappa shape index (κ1) is 72.9. The van der Waals surface area contributed by atoms with Gasteiger partial charge in [-0.15, -0.1) is 0 Å². The molecule has 0 aromatic heterocycles. The molecule has 0 aliphatic carbocycles. The Morgan fingerprint density at radius 1 is 0.500 bits per heavy atom. The first-order chi connectivity index (χ1) is 0. The van der Waals surface area contributed by atoms with Gasteiger partial charge in [0.1, 0.15) is 0 Å². The maximum atomic E-state index is 0. The van der Waals surface area contributed by atoms with Gasteiger partial charge >= 0.3 is 35.6 Å². The molecular weight excluding hydrogens is 187 g/mol. The second kappa shape index (κ2) is 33.3. The first-order valence-corrected chi connectivity index (χ1v) is 0. The molecule has 0 radical (unpaired) electrons. The Balaban J connectivity index is 0. The first-order valence-electron chi connectivity index (χ1n) is 0. The molecule has 3 N–H and O–H groups in total. The SMILES string of the molecule is [La+3].[OH-].[OH-].[OH-]. The third-order valence-electron chi connectivity index (χ3n) is 0. The van der Waals surface area contributed by atoms with E-state index in [0.29, 0.717) is 0 Å². The maximum Gasteiger partial charge on any atom is 3.00 e. The zero-order chi connectivity index (χ0) is 0. The molecule has 4 heteroatoms. The molecule has 0 bridgehead atoms. The third kappa shape index (κ3) is 11.5. The minimum atomic E-state index is 0. The summed E-state index contributed by atoms with van der Waals surface area (Å²) in [6.07, 6.45) is 0. The van der Waals surface area contributed by atoms with E-state index in [1.807, 2.05) is 0 Å². The summed E-state index contributed by atoms with van der Waals surface area (Å²) in [6.45, 7) is 0. The molecule has 0 aromatic rings. The fourth-order valence-electron chi connectivity index (χ4n) is 0. The molecule has 3 nitrogen and oxygen atoms in total. The van der Waals surface area contributed by atoms with Crippen molar-refractivity contribution in [2.75, 3.05) is 0 Å². The molecule has 24 valence electrons. The van der Waals surface area contributed by atoms with Gasteiger partial charge in [0.25, 0.3) is 0 Å². The van der Waals surface area contributed by atoms with Crippen LogP contribution >= 0.6 is 0 Å². The molecule has 0 saturated carbocycles. The molecule has 0 aliphatic heterocycles. The largest absolute Gasteiger partial charge is 3.00 e. The van der Waals surface area contributed by atoms with Crippen LogP contribution < -0.4 is 0 Å². The van der Waals surface area contributed by atoms with E-state index in [2.05, 4.69) is 0 Å². The summed E-state index contributed by atoms with van der Waals surface area (Å²) in [5, 5.41) is 0. The van der Waals surface area contributed by atoms with E-state index >= 15 is 0 Å². The summed E-state index contributed by atoms with van der Waals surface area (Å²) in [5.41, 5.74) is 0. The normalized spacial score (nSPS) is 0. The van der Waals surface area contributed by atoms with Crippen molar-refractivity contribution < 1.29 is 52.0 Å². The maximum absolute atomic E-state index is 0. The zero-order valence-electron chi connectivity index (χ0n) is 1.92. The molecular formula is H3LaO3. The average Bonchev–Trinajstić information content (AvgIpc) is 0. The third-order valence-corrected chi connectivity index (χ3v) is 0. The monoisotopic (exact) mass is 190 g/mol. The summed E-state index contributed by atoms with van der Waals surface area (Å²) >= 11 is 0. The molecule has 0 heterocycles. The standard InChI is InChI=1S/La.3H2O/h;3*1H2/q+3;;;/p-3. The van der Waals surface area contributed by atoms with E-state index in [1.165, 1.54) is 0 Å². The van der Waals surface area contributed by atoms with Crippen LogP contribution in [0.5, 0.6) is 0 Å². The van der Waals surface area contributed by atoms with Gasteiger partial charge in [-0.2, -0.15) is 0 Å². The molecule has 0 aliphatic rings. The molecule has 0 spiro atoms. The van der Waals surface area contributed by atoms with Crippen LogP contribution in [0.15, 0.2) is 0 Å². The van der Waals surface area contributed by atoms with Gasteiger partial charge in [-0.25, -0.2) is 0 Å². The fraction of sp³-hybridized carbons (Fsp3) is 0. The second-order valence-corrected chi connectivity index (χ2v) is 0. The Labute approximate surface area is 51.9 Å². The number of hydrogen-bond donors (Lipinski definition) is 0. The van der Waals surface area contributed by atoms with Crippen molar-refractivity contribution in [3.63, 3.8) is 0 Å². The summed E-state index contributed by atoms with van der Waals surface area (Å²) in [6, 6.07) is 0. The van der Waals surface area contributed by atoms with Crippen molar-refractivity contribution in [3.05, 3.63) is 0 Å². The Hall–Kier alpha value is 1.07. The molecule has 0 saturated heterocycles.